The quantitative estimate of drug-likeness (QED) is 0.131. The standard InChI is InChI=1S/C35H30O6/c36-33(37)13-5-7-23-40-27-19-15-25(16-20-27)35(26-17-21-28(22-18-26)41-24-8-6-14-34(38)39)31-11-3-1-9-29(31)30-10-2-4-12-32(30)35/h1-6,9-22H,7-8,23-24H2,(H,36,37)(H,38,39)/b13-5+,14-6+. The molecular formula is C35H30O6. The molecule has 0 heterocycles. The molecule has 0 aromatic heterocycles. The number of rotatable bonds is 12. The summed E-state index contributed by atoms with van der Waals surface area (Å²) in [6, 6.07) is 33.2. The van der Waals surface area contributed by atoms with Gasteiger partial charge in [0.25, 0.3) is 0 Å². The van der Waals surface area contributed by atoms with Gasteiger partial charge in [-0.25, -0.2) is 9.59 Å². The van der Waals surface area contributed by atoms with Crippen molar-refractivity contribution < 1.29 is 29.3 Å². The number of carboxylic acid groups (broad SMARTS) is 2. The normalized spacial score (nSPS) is 13.2. The van der Waals surface area contributed by atoms with Crippen LogP contribution in [0.25, 0.3) is 11.1 Å². The van der Waals surface area contributed by atoms with Gasteiger partial charge in [-0.05, 0) is 70.5 Å². The molecule has 1 aliphatic rings. The van der Waals surface area contributed by atoms with Crippen LogP contribution in [-0.4, -0.2) is 35.4 Å². The van der Waals surface area contributed by atoms with Gasteiger partial charge in [-0.3, -0.25) is 0 Å². The van der Waals surface area contributed by atoms with E-state index in [2.05, 4.69) is 72.8 Å². The predicted molar refractivity (Wildman–Crippen MR) is 158 cm³/mol. The van der Waals surface area contributed by atoms with Crippen molar-refractivity contribution in [3.8, 4) is 22.6 Å². The zero-order valence-corrected chi connectivity index (χ0v) is 22.4. The van der Waals surface area contributed by atoms with Crippen LogP contribution in [0.2, 0.25) is 0 Å². The summed E-state index contributed by atoms with van der Waals surface area (Å²) in [7, 11) is 0. The summed E-state index contributed by atoms with van der Waals surface area (Å²) >= 11 is 0. The second kappa shape index (κ2) is 12.4. The lowest BCUT2D eigenvalue weighted by molar-refractivity contribution is -0.132. The lowest BCUT2D eigenvalue weighted by Gasteiger charge is -2.34. The molecule has 4 aromatic rings. The summed E-state index contributed by atoms with van der Waals surface area (Å²) in [6.07, 6.45) is 6.42. The summed E-state index contributed by atoms with van der Waals surface area (Å²) < 4.78 is 11.7. The van der Waals surface area contributed by atoms with Crippen LogP contribution in [0.3, 0.4) is 0 Å². The van der Waals surface area contributed by atoms with Crippen LogP contribution in [0.4, 0.5) is 0 Å². The van der Waals surface area contributed by atoms with Gasteiger partial charge in [0.05, 0.1) is 18.6 Å². The SMILES string of the molecule is O=C(O)/C=C/CCOc1ccc(C2(c3ccc(OCC/C=C/C(=O)O)cc3)c3ccccc3-c3ccccc32)cc1. The van der Waals surface area contributed by atoms with Crippen LogP contribution < -0.4 is 9.47 Å². The van der Waals surface area contributed by atoms with Crippen LogP contribution >= 0.6 is 0 Å². The fraction of sp³-hybridized carbons (Fsp3) is 0.143. The first-order valence-electron chi connectivity index (χ1n) is 13.4. The van der Waals surface area contributed by atoms with E-state index in [-0.39, 0.29) is 0 Å². The molecule has 6 heteroatoms. The molecule has 206 valence electrons. The van der Waals surface area contributed by atoms with E-state index in [9.17, 15) is 9.59 Å². The topological polar surface area (TPSA) is 93.1 Å². The third-order valence-electron chi connectivity index (χ3n) is 7.15. The van der Waals surface area contributed by atoms with Crippen molar-refractivity contribution in [1.82, 2.24) is 0 Å². The summed E-state index contributed by atoms with van der Waals surface area (Å²) in [5, 5.41) is 17.5. The highest BCUT2D eigenvalue weighted by atomic mass is 16.5. The van der Waals surface area contributed by atoms with E-state index < -0.39 is 17.4 Å². The fourth-order valence-electron chi connectivity index (χ4n) is 5.48. The first-order chi connectivity index (χ1) is 20.0. The maximum atomic E-state index is 10.7. The van der Waals surface area contributed by atoms with Crippen LogP contribution in [0.15, 0.2) is 121 Å². The molecule has 0 fully saturated rings. The second-order valence-electron chi connectivity index (χ2n) is 9.65. The van der Waals surface area contributed by atoms with E-state index in [1.165, 1.54) is 22.3 Å². The molecule has 0 aliphatic heterocycles. The minimum absolute atomic E-state index is 0.382. The Morgan fingerprint density at radius 2 is 0.976 bits per heavy atom. The molecule has 0 radical (unpaired) electrons. The van der Waals surface area contributed by atoms with Crippen molar-refractivity contribution in [2.24, 2.45) is 0 Å². The minimum atomic E-state index is -0.968. The zero-order valence-electron chi connectivity index (χ0n) is 22.4. The predicted octanol–water partition coefficient (Wildman–Crippen LogP) is 6.87. The molecule has 5 rings (SSSR count). The van der Waals surface area contributed by atoms with E-state index in [4.69, 9.17) is 19.7 Å². The Kier molecular flexibility index (Phi) is 8.30. The number of hydrogen-bond acceptors (Lipinski definition) is 4. The maximum absolute atomic E-state index is 10.7. The monoisotopic (exact) mass is 546 g/mol. The lowest BCUT2D eigenvalue weighted by Crippen LogP contribution is -2.28. The summed E-state index contributed by atoms with van der Waals surface area (Å²) in [5.41, 5.74) is 6.42. The molecule has 41 heavy (non-hydrogen) atoms. The Morgan fingerprint density at radius 1 is 0.585 bits per heavy atom. The Balaban J connectivity index is 1.49. The van der Waals surface area contributed by atoms with Crippen LogP contribution in [-0.2, 0) is 15.0 Å². The van der Waals surface area contributed by atoms with Gasteiger partial charge >= 0.3 is 11.9 Å². The zero-order chi connectivity index (χ0) is 28.7. The molecule has 0 saturated heterocycles. The highest BCUT2D eigenvalue weighted by Gasteiger charge is 2.45. The van der Waals surface area contributed by atoms with Crippen molar-refractivity contribution >= 4 is 11.9 Å². The lowest BCUT2D eigenvalue weighted by atomic mass is 9.68. The molecule has 0 amide bonds. The third kappa shape index (κ3) is 5.77. The van der Waals surface area contributed by atoms with E-state index in [1.54, 1.807) is 12.2 Å². The van der Waals surface area contributed by atoms with E-state index in [0.717, 1.165) is 23.3 Å². The molecule has 1 aliphatic carbocycles. The largest absolute Gasteiger partial charge is 0.493 e. The minimum Gasteiger partial charge on any atom is -0.493 e. The molecule has 0 atom stereocenters. The summed E-state index contributed by atoms with van der Waals surface area (Å²) in [6.45, 7) is 0.765. The summed E-state index contributed by atoms with van der Waals surface area (Å²) in [4.78, 5) is 21.3. The van der Waals surface area contributed by atoms with Gasteiger partial charge in [0.1, 0.15) is 11.5 Å². The number of aliphatic carboxylic acids is 2. The van der Waals surface area contributed by atoms with E-state index in [1.807, 2.05) is 24.3 Å². The average Bonchev–Trinajstić information content (AvgIpc) is 3.28. The number of benzene rings is 4. The van der Waals surface area contributed by atoms with Crippen molar-refractivity contribution in [1.29, 1.82) is 0 Å². The number of carbonyl (C=O) groups is 2. The first kappa shape index (κ1) is 27.5. The van der Waals surface area contributed by atoms with Crippen molar-refractivity contribution in [3.63, 3.8) is 0 Å². The maximum Gasteiger partial charge on any atom is 0.327 e. The second-order valence-corrected chi connectivity index (χ2v) is 9.65. The van der Waals surface area contributed by atoms with Crippen molar-refractivity contribution in [2.75, 3.05) is 13.2 Å². The van der Waals surface area contributed by atoms with Gasteiger partial charge in [-0.2, -0.15) is 0 Å². The van der Waals surface area contributed by atoms with Gasteiger partial charge in [0, 0.05) is 12.2 Å². The number of hydrogen-bond donors (Lipinski definition) is 2. The Hall–Kier alpha value is -5.10. The summed E-state index contributed by atoms with van der Waals surface area (Å²) in [5.74, 6) is -0.505. The van der Waals surface area contributed by atoms with Crippen LogP contribution in [0.5, 0.6) is 11.5 Å². The van der Waals surface area contributed by atoms with Crippen LogP contribution in [0.1, 0.15) is 35.1 Å². The molecule has 0 unspecified atom stereocenters. The van der Waals surface area contributed by atoms with E-state index in [0.29, 0.717) is 37.6 Å². The highest BCUT2D eigenvalue weighted by Crippen LogP contribution is 2.56. The number of fused-ring (bicyclic) bond motifs is 3. The number of carboxylic acids is 2. The molecule has 6 nitrogen and oxygen atoms in total. The molecule has 0 bridgehead atoms. The molecule has 0 saturated carbocycles. The van der Waals surface area contributed by atoms with Gasteiger partial charge in [-0.15, -0.1) is 0 Å². The van der Waals surface area contributed by atoms with E-state index >= 15 is 0 Å². The molecular weight excluding hydrogens is 516 g/mol. The van der Waals surface area contributed by atoms with Crippen molar-refractivity contribution in [3.05, 3.63) is 144 Å². The Morgan fingerprint density at radius 3 is 1.37 bits per heavy atom. The molecule has 2 N–H and O–H groups in total. The average molecular weight is 547 g/mol. The molecule has 4 aromatic carbocycles. The van der Waals surface area contributed by atoms with Gasteiger partial charge in [0.2, 0.25) is 0 Å². The Bertz CT molecular complexity index is 1460. The number of ether oxygens (including phenoxy) is 2. The van der Waals surface area contributed by atoms with Gasteiger partial charge < -0.3 is 19.7 Å². The van der Waals surface area contributed by atoms with Crippen molar-refractivity contribution in [2.45, 2.75) is 18.3 Å². The Labute approximate surface area is 238 Å². The fourth-order valence-corrected chi connectivity index (χ4v) is 5.48. The third-order valence-corrected chi connectivity index (χ3v) is 7.15. The smallest absolute Gasteiger partial charge is 0.327 e. The van der Waals surface area contributed by atoms with Crippen LogP contribution in [0, 0.1) is 0 Å². The highest BCUT2D eigenvalue weighted by molar-refractivity contribution is 5.86. The first-order valence-corrected chi connectivity index (χ1v) is 13.4. The van der Waals surface area contributed by atoms with Gasteiger partial charge in [-0.1, -0.05) is 84.9 Å². The molecule has 0 spiro atoms. The van der Waals surface area contributed by atoms with Gasteiger partial charge in [0.15, 0.2) is 0 Å².